The lowest BCUT2D eigenvalue weighted by atomic mass is 9.72. The van der Waals surface area contributed by atoms with E-state index in [0.29, 0.717) is 40.9 Å². The van der Waals surface area contributed by atoms with Gasteiger partial charge in [0.25, 0.3) is 5.91 Å². The molecule has 1 aliphatic heterocycles. The summed E-state index contributed by atoms with van der Waals surface area (Å²) in [6.07, 6.45) is 1.01. The third-order valence-corrected chi connectivity index (χ3v) is 7.36. The molecule has 0 saturated carbocycles. The molecule has 2 heterocycles. The number of benzene rings is 2. The number of allylic oxidation sites excluding steroid dienone is 3. The van der Waals surface area contributed by atoms with E-state index < -0.39 is 23.5 Å². The Morgan fingerprint density at radius 3 is 2.32 bits per heavy atom. The van der Waals surface area contributed by atoms with Crippen molar-refractivity contribution in [3.8, 4) is 0 Å². The Labute approximate surface area is 200 Å². The van der Waals surface area contributed by atoms with Crippen molar-refractivity contribution in [3.05, 3.63) is 111 Å². The Morgan fingerprint density at radius 2 is 1.68 bits per heavy atom. The Bertz CT molecular complexity index is 1310. The maximum atomic E-state index is 13.7. The monoisotopic (exact) mass is 476 g/mol. The fraction of sp³-hybridized carbons (Fsp3) is 0.185. The number of ketones is 1. The van der Waals surface area contributed by atoms with Gasteiger partial charge >= 0.3 is 0 Å². The molecule has 4 nitrogen and oxygen atoms in total. The van der Waals surface area contributed by atoms with Gasteiger partial charge in [0.1, 0.15) is 11.6 Å². The highest BCUT2D eigenvalue weighted by Gasteiger charge is 2.41. The van der Waals surface area contributed by atoms with Crippen LogP contribution in [0.15, 0.2) is 88.6 Å². The molecule has 2 aliphatic rings. The molecule has 1 amide bonds. The SMILES string of the molecule is CC1=C(C(=O)Nc2ccc(F)cc2)[C@H](c2ccc(F)cc2)C2=C(C[C@@H](c3cccs3)CC2=O)N1. The summed E-state index contributed by atoms with van der Waals surface area (Å²) in [5.41, 5.74) is 3.48. The molecule has 0 unspecified atom stereocenters. The average Bonchev–Trinajstić information content (AvgIpc) is 3.35. The highest BCUT2D eigenvalue weighted by molar-refractivity contribution is 7.10. The van der Waals surface area contributed by atoms with E-state index in [0.717, 1.165) is 10.6 Å². The van der Waals surface area contributed by atoms with Crippen molar-refractivity contribution in [3.63, 3.8) is 0 Å². The van der Waals surface area contributed by atoms with Gasteiger partial charge in [-0.05, 0) is 66.8 Å². The van der Waals surface area contributed by atoms with Crippen molar-refractivity contribution in [1.29, 1.82) is 0 Å². The van der Waals surface area contributed by atoms with Crippen molar-refractivity contribution in [2.45, 2.75) is 31.6 Å². The van der Waals surface area contributed by atoms with Crippen molar-refractivity contribution in [1.82, 2.24) is 5.32 Å². The minimum atomic E-state index is -0.630. The van der Waals surface area contributed by atoms with E-state index in [-0.39, 0.29) is 11.7 Å². The largest absolute Gasteiger partial charge is 0.362 e. The van der Waals surface area contributed by atoms with E-state index in [4.69, 9.17) is 0 Å². The standard InChI is InChI=1S/C27H22F2N2O2S/c1-15-24(27(33)31-20-10-8-19(29)9-11-20)25(16-4-6-18(28)7-5-16)26-21(30-15)13-17(14-22(26)32)23-3-2-12-34-23/h2-12,17,25,30H,13-14H2,1H3,(H,31,33)/t17-,25+/m1/s1. The van der Waals surface area contributed by atoms with Gasteiger partial charge in [-0.3, -0.25) is 9.59 Å². The predicted molar refractivity (Wildman–Crippen MR) is 128 cm³/mol. The van der Waals surface area contributed by atoms with E-state index in [1.165, 1.54) is 36.4 Å². The maximum absolute atomic E-state index is 13.7. The van der Waals surface area contributed by atoms with Gasteiger partial charge in [-0.25, -0.2) is 8.78 Å². The number of amides is 1. The van der Waals surface area contributed by atoms with Gasteiger partial charge < -0.3 is 10.6 Å². The van der Waals surface area contributed by atoms with Crippen LogP contribution in [0.1, 0.15) is 42.0 Å². The van der Waals surface area contributed by atoms with Crippen LogP contribution in [0.3, 0.4) is 0 Å². The number of carbonyl (C=O) groups is 2. The second-order valence-electron chi connectivity index (χ2n) is 8.55. The molecule has 0 fully saturated rings. The Balaban J connectivity index is 1.55. The summed E-state index contributed by atoms with van der Waals surface area (Å²) in [4.78, 5) is 28.1. The number of nitrogens with one attached hydrogen (secondary N) is 2. The molecular weight excluding hydrogens is 454 g/mol. The zero-order valence-corrected chi connectivity index (χ0v) is 19.2. The molecule has 0 saturated heterocycles. The highest BCUT2D eigenvalue weighted by Crippen LogP contribution is 2.46. The summed E-state index contributed by atoms with van der Waals surface area (Å²) in [6.45, 7) is 1.80. The predicted octanol–water partition coefficient (Wildman–Crippen LogP) is 6.03. The molecule has 7 heteroatoms. The minimum Gasteiger partial charge on any atom is -0.362 e. The normalized spacial score (nSPS) is 20.1. The van der Waals surface area contributed by atoms with Gasteiger partial charge in [-0.2, -0.15) is 0 Å². The number of anilines is 1. The molecule has 34 heavy (non-hydrogen) atoms. The topological polar surface area (TPSA) is 58.2 Å². The molecule has 0 bridgehead atoms. The van der Waals surface area contributed by atoms with E-state index >= 15 is 0 Å². The minimum absolute atomic E-state index is 0.0268. The zero-order valence-electron chi connectivity index (χ0n) is 18.4. The molecule has 3 aromatic rings. The Hall–Kier alpha value is -3.58. The van der Waals surface area contributed by atoms with Gasteiger partial charge in [0.05, 0.1) is 0 Å². The number of hydrogen-bond donors (Lipinski definition) is 2. The first kappa shape index (κ1) is 22.2. The summed E-state index contributed by atoms with van der Waals surface area (Å²) in [5.74, 6) is -1.77. The Morgan fingerprint density at radius 1 is 1.00 bits per heavy atom. The lowest BCUT2D eigenvalue weighted by molar-refractivity contribution is -0.116. The first-order valence-corrected chi connectivity index (χ1v) is 11.9. The van der Waals surface area contributed by atoms with Crippen LogP contribution in [0.2, 0.25) is 0 Å². The highest BCUT2D eigenvalue weighted by atomic mass is 32.1. The molecule has 2 aromatic carbocycles. The fourth-order valence-corrected chi connectivity index (χ4v) is 5.62. The molecule has 0 spiro atoms. The van der Waals surface area contributed by atoms with Crippen LogP contribution < -0.4 is 10.6 Å². The van der Waals surface area contributed by atoms with Crippen LogP contribution in [0.4, 0.5) is 14.5 Å². The van der Waals surface area contributed by atoms with Gasteiger partial charge in [0, 0.05) is 51.4 Å². The lowest BCUT2D eigenvalue weighted by Gasteiger charge is -2.36. The second kappa shape index (κ2) is 8.99. The van der Waals surface area contributed by atoms with Crippen molar-refractivity contribution in [2.75, 3.05) is 5.32 Å². The number of halogens is 2. The molecule has 0 radical (unpaired) electrons. The van der Waals surface area contributed by atoms with Crippen molar-refractivity contribution < 1.29 is 18.4 Å². The number of carbonyl (C=O) groups excluding carboxylic acids is 2. The van der Waals surface area contributed by atoms with Gasteiger partial charge in [0.15, 0.2) is 5.78 Å². The molecule has 1 aromatic heterocycles. The summed E-state index contributed by atoms with van der Waals surface area (Å²) in [7, 11) is 0. The number of thiophene rings is 1. The summed E-state index contributed by atoms with van der Waals surface area (Å²) in [5, 5.41) is 8.14. The first-order valence-electron chi connectivity index (χ1n) is 11.0. The molecule has 5 rings (SSSR count). The second-order valence-corrected chi connectivity index (χ2v) is 9.52. The number of dihydropyridines is 1. The Kier molecular flexibility index (Phi) is 5.87. The third kappa shape index (κ3) is 4.19. The lowest BCUT2D eigenvalue weighted by Crippen LogP contribution is -2.37. The van der Waals surface area contributed by atoms with Crippen molar-refractivity contribution >= 4 is 28.7 Å². The smallest absolute Gasteiger partial charge is 0.254 e. The van der Waals surface area contributed by atoms with Crippen LogP contribution >= 0.6 is 11.3 Å². The van der Waals surface area contributed by atoms with Gasteiger partial charge in [-0.15, -0.1) is 11.3 Å². The summed E-state index contributed by atoms with van der Waals surface area (Å²) in [6, 6.07) is 15.4. The molecule has 2 N–H and O–H groups in total. The van der Waals surface area contributed by atoms with E-state index in [1.54, 1.807) is 30.4 Å². The number of rotatable bonds is 4. The van der Waals surface area contributed by atoms with Crippen LogP contribution in [0.25, 0.3) is 0 Å². The van der Waals surface area contributed by atoms with Crippen molar-refractivity contribution in [2.24, 2.45) is 0 Å². The van der Waals surface area contributed by atoms with Crippen LogP contribution in [0.5, 0.6) is 0 Å². The van der Waals surface area contributed by atoms with Gasteiger partial charge in [-0.1, -0.05) is 18.2 Å². The van der Waals surface area contributed by atoms with Crippen LogP contribution in [0, 0.1) is 11.6 Å². The summed E-state index contributed by atoms with van der Waals surface area (Å²) < 4.78 is 27.0. The maximum Gasteiger partial charge on any atom is 0.254 e. The van der Waals surface area contributed by atoms with Crippen LogP contribution in [-0.2, 0) is 9.59 Å². The summed E-state index contributed by atoms with van der Waals surface area (Å²) >= 11 is 1.63. The average molecular weight is 477 g/mol. The van der Waals surface area contributed by atoms with E-state index in [1.807, 2.05) is 17.5 Å². The molecule has 172 valence electrons. The quantitative estimate of drug-likeness (QED) is 0.484. The van der Waals surface area contributed by atoms with E-state index in [9.17, 15) is 18.4 Å². The number of hydrogen-bond acceptors (Lipinski definition) is 4. The molecule has 2 atom stereocenters. The molecule has 1 aliphatic carbocycles. The van der Waals surface area contributed by atoms with E-state index in [2.05, 4.69) is 10.6 Å². The number of Topliss-reactive ketones (excluding diaryl/α,β-unsaturated/α-hetero) is 1. The zero-order chi connectivity index (χ0) is 23.8. The first-order chi connectivity index (χ1) is 16.4. The van der Waals surface area contributed by atoms with Gasteiger partial charge in [0.2, 0.25) is 0 Å². The fourth-order valence-electron chi connectivity index (χ4n) is 4.79. The molecular formula is C27H22F2N2O2S. The third-order valence-electron chi connectivity index (χ3n) is 6.32. The van der Waals surface area contributed by atoms with Crippen LogP contribution in [-0.4, -0.2) is 11.7 Å².